The molecule has 0 aliphatic carbocycles. The molecule has 3 rings (SSSR count). The standard InChI is InChI=1S/C19H16N2O5/c22-19(17-10-11-18(26-17)21(23)24)20-12-14-6-8-16(9-7-14)25-13-15-4-2-1-3-5-15/h1-11H,12-13H2,(H,20,22). The van der Waals surface area contributed by atoms with E-state index in [0.717, 1.165) is 22.9 Å². The van der Waals surface area contributed by atoms with Gasteiger partial charge in [0.1, 0.15) is 17.3 Å². The van der Waals surface area contributed by atoms with Gasteiger partial charge >= 0.3 is 5.88 Å². The molecule has 26 heavy (non-hydrogen) atoms. The molecule has 7 nitrogen and oxygen atoms in total. The molecule has 1 N–H and O–H groups in total. The zero-order valence-corrected chi connectivity index (χ0v) is 13.8. The first-order chi connectivity index (χ1) is 12.6. The van der Waals surface area contributed by atoms with Gasteiger partial charge in [0.2, 0.25) is 0 Å². The zero-order valence-electron chi connectivity index (χ0n) is 13.8. The van der Waals surface area contributed by atoms with Crippen molar-refractivity contribution in [3.05, 3.63) is 93.7 Å². The number of nitrogens with one attached hydrogen (secondary N) is 1. The predicted octanol–water partition coefficient (Wildman–Crippen LogP) is 3.70. The molecule has 1 amide bonds. The van der Waals surface area contributed by atoms with E-state index in [9.17, 15) is 14.9 Å². The number of amides is 1. The summed E-state index contributed by atoms with van der Waals surface area (Å²) >= 11 is 0. The monoisotopic (exact) mass is 352 g/mol. The van der Waals surface area contributed by atoms with Crippen molar-refractivity contribution < 1.29 is 18.9 Å². The van der Waals surface area contributed by atoms with Crippen molar-refractivity contribution in [1.82, 2.24) is 5.32 Å². The van der Waals surface area contributed by atoms with Crippen molar-refractivity contribution in [3.8, 4) is 5.75 Å². The third kappa shape index (κ3) is 4.47. The molecule has 2 aromatic carbocycles. The highest BCUT2D eigenvalue weighted by atomic mass is 16.6. The highest BCUT2D eigenvalue weighted by Gasteiger charge is 2.16. The SMILES string of the molecule is O=C(NCc1ccc(OCc2ccccc2)cc1)c1ccc([N+](=O)[O-])o1. The van der Waals surface area contributed by atoms with Crippen LogP contribution < -0.4 is 10.1 Å². The van der Waals surface area contributed by atoms with Crippen LogP contribution in [0.15, 0.2) is 71.1 Å². The quantitative estimate of drug-likeness (QED) is 0.517. The molecular formula is C19H16N2O5. The van der Waals surface area contributed by atoms with Crippen molar-refractivity contribution in [3.63, 3.8) is 0 Å². The van der Waals surface area contributed by atoms with E-state index in [4.69, 9.17) is 9.15 Å². The third-order valence-corrected chi connectivity index (χ3v) is 3.62. The normalized spacial score (nSPS) is 10.3. The van der Waals surface area contributed by atoms with Gasteiger partial charge in [-0.05, 0) is 29.3 Å². The second-order valence-corrected chi connectivity index (χ2v) is 5.50. The molecular weight excluding hydrogens is 336 g/mol. The molecule has 1 aromatic heterocycles. The minimum absolute atomic E-state index is 0.0977. The first-order valence-corrected chi connectivity index (χ1v) is 7.90. The molecule has 0 fully saturated rings. The van der Waals surface area contributed by atoms with Gasteiger partial charge in [-0.25, -0.2) is 0 Å². The van der Waals surface area contributed by atoms with Crippen LogP contribution in [0, 0.1) is 10.1 Å². The van der Waals surface area contributed by atoms with Crippen molar-refractivity contribution >= 4 is 11.8 Å². The van der Waals surface area contributed by atoms with Crippen LogP contribution in [0.2, 0.25) is 0 Å². The van der Waals surface area contributed by atoms with Crippen LogP contribution in [0.5, 0.6) is 5.75 Å². The Balaban J connectivity index is 1.50. The number of ether oxygens (including phenoxy) is 1. The third-order valence-electron chi connectivity index (χ3n) is 3.62. The van der Waals surface area contributed by atoms with Crippen molar-refractivity contribution in [2.45, 2.75) is 13.2 Å². The van der Waals surface area contributed by atoms with Crippen molar-refractivity contribution in [1.29, 1.82) is 0 Å². The van der Waals surface area contributed by atoms with Crippen LogP contribution in [0.1, 0.15) is 21.7 Å². The van der Waals surface area contributed by atoms with Gasteiger partial charge in [-0.1, -0.05) is 42.5 Å². The number of hydrogen-bond acceptors (Lipinski definition) is 5. The maximum absolute atomic E-state index is 11.9. The zero-order chi connectivity index (χ0) is 18.4. The average molecular weight is 352 g/mol. The first kappa shape index (κ1) is 17.2. The van der Waals surface area contributed by atoms with Crippen molar-refractivity contribution in [2.75, 3.05) is 0 Å². The molecule has 0 unspecified atom stereocenters. The Morgan fingerprint density at radius 3 is 2.38 bits per heavy atom. The minimum atomic E-state index is -0.690. The number of furan rings is 1. The van der Waals surface area contributed by atoms with Gasteiger partial charge in [-0.3, -0.25) is 14.9 Å². The van der Waals surface area contributed by atoms with E-state index >= 15 is 0 Å². The van der Waals surface area contributed by atoms with Crippen LogP contribution in [0.3, 0.4) is 0 Å². The Labute approximate surface area is 149 Å². The Hall–Kier alpha value is -3.61. The molecule has 7 heteroatoms. The van der Waals surface area contributed by atoms with Gasteiger partial charge in [0.15, 0.2) is 5.76 Å². The van der Waals surface area contributed by atoms with E-state index in [0.29, 0.717) is 6.61 Å². The van der Waals surface area contributed by atoms with Crippen LogP contribution in [-0.4, -0.2) is 10.8 Å². The van der Waals surface area contributed by atoms with Gasteiger partial charge < -0.3 is 14.5 Å². The maximum Gasteiger partial charge on any atom is 0.433 e. The molecule has 0 aliphatic rings. The molecule has 0 saturated heterocycles. The molecule has 0 aliphatic heterocycles. The van der Waals surface area contributed by atoms with Crippen LogP contribution in [0.25, 0.3) is 0 Å². The number of rotatable bonds is 7. The lowest BCUT2D eigenvalue weighted by Gasteiger charge is -2.08. The fourth-order valence-corrected chi connectivity index (χ4v) is 2.26. The van der Waals surface area contributed by atoms with E-state index in [1.165, 1.54) is 6.07 Å². The summed E-state index contributed by atoms with van der Waals surface area (Å²) < 4.78 is 10.6. The molecule has 0 spiro atoms. The van der Waals surface area contributed by atoms with E-state index in [-0.39, 0.29) is 12.3 Å². The second kappa shape index (κ2) is 7.98. The van der Waals surface area contributed by atoms with Gasteiger partial charge in [0, 0.05) is 6.54 Å². The summed E-state index contributed by atoms with van der Waals surface area (Å²) in [7, 11) is 0. The average Bonchev–Trinajstić information content (AvgIpc) is 3.17. The molecule has 0 bridgehead atoms. The number of nitro groups is 1. The van der Waals surface area contributed by atoms with Crippen molar-refractivity contribution in [2.24, 2.45) is 0 Å². The molecule has 132 valence electrons. The maximum atomic E-state index is 11.9. The topological polar surface area (TPSA) is 94.6 Å². The second-order valence-electron chi connectivity index (χ2n) is 5.50. The van der Waals surface area contributed by atoms with E-state index in [2.05, 4.69) is 5.32 Å². The number of hydrogen-bond donors (Lipinski definition) is 1. The summed E-state index contributed by atoms with van der Waals surface area (Å²) in [6.07, 6.45) is 0. The van der Waals surface area contributed by atoms with E-state index < -0.39 is 16.7 Å². The predicted molar refractivity (Wildman–Crippen MR) is 93.7 cm³/mol. The van der Waals surface area contributed by atoms with E-state index in [1.807, 2.05) is 54.6 Å². The summed E-state index contributed by atoms with van der Waals surface area (Å²) in [5.41, 5.74) is 1.95. The largest absolute Gasteiger partial charge is 0.489 e. The Morgan fingerprint density at radius 2 is 1.73 bits per heavy atom. The summed E-state index contributed by atoms with van der Waals surface area (Å²) in [5.74, 6) is -0.345. The number of carbonyl (C=O) groups excluding carboxylic acids is 1. The fraction of sp³-hybridized carbons (Fsp3) is 0.105. The van der Waals surface area contributed by atoms with Crippen LogP contribution in [-0.2, 0) is 13.2 Å². The molecule has 3 aromatic rings. The minimum Gasteiger partial charge on any atom is -0.489 e. The van der Waals surface area contributed by atoms with Gasteiger partial charge in [0.25, 0.3) is 5.91 Å². The summed E-state index contributed by atoms with van der Waals surface area (Å²) in [5, 5.41) is 13.2. The molecule has 0 radical (unpaired) electrons. The highest BCUT2D eigenvalue weighted by Crippen LogP contribution is 2.16. The lowest BCUT2D eigenvalue weighted by molar-refractivity contribution is -0.402. The Morgan fingerprint density at radius 1 is 1.00 bits per heavy atom. The molecule has 1 heterocycles. The van der Waals surface area contributed by atoms with Crippen LogP contribution >= 0.6 is 0 Å². The van der Waals surface area contributed by atoms with Gasteiger partial charge in [-0.15, -0.1) is 0 Å². The Kier molecular flexibility index (Phi) is 5.28. The van der Waals surface area contributed by atoms with Gasteiger partial charge in [-0.2, -0.15) is 0 Å². The summed E-state index contributed by atoms with van der Waals surface area (Å²) in [6, 6.07) is 19.6. The Bertz CT molecular complexity index is 888. The number of nitrogens with zero attached hydrogens (tertiary/aromatic N) is 1. The van der Waals surface area contributed by atoms with E-state index in [1.54, 1.807) is 0 Å². The van der Waals surface area contributed by atoms with Gasteiger partial charge in [0.05, 0.1) is 6.07 Å². The molecule has 0 atom stereocenters. The number of carbonyl (C=O) groups is 1. The lowest BCUT2D eigenvalue weighted by Crippen LogP contribution is -2.22. The number of benzene rings is 2. The van der Waals surface area contributed by atoms with Crippen LogP contribution in [0.4, 0.5) is 5.88 Å². The lowest BCUT2D eigenvalue weighted by atomic mass is 10.2. The highest BCUT2D eigenvalue weighted by molar-refractivity contribution is 5.91. The fourth-order valence-electron chi connectivity index (χ4n) is 2.26. The first-order valence-electron chi connectivity index (χ1n) is 7.90. The smallest absolute Gasteiger partial charge is 0.433 e. The summed E-state index contributed by atoms with van der Waals surface area (Å²) in [6.45, 7) is 0.750. The molecule has 0 saturated carbocycles. The summed E-state index contributed by atoms with van der Waals surface area (Å²) in [4.78, 5) is 21.8.